The minimum absolute atomic E-state index is 0.236. The summed E-state index contributed by atoms with van der Waals surface area (Å²) in [5.41, 5.74) is 2.44. The van der Waals surface area contributed by atoms with Crippen LogP contribution in [0.1, 0.15) is 49.7 Å². The van der Waals surface area contributed by atoms with Crippen molar-refractivity contribution in [2.75, 3.05) is 13.2 Å². The summed E-state index contributed by atoms with van der Waals surface area (Å²) in [6.45, 7) is 6.15. The van der Waals surface area contributed by atoms with Crippen molar-refractivity contribution in [2.45, 2.75) is 45.6 Å². The van der Waals surface area contributed by atoms with E-state index in [4.69, 9.17) is 4.74 Å². The SMILES string of the molecule is CCCNC(C1=COCCC1)c1snnc1CC. The lowest BCUT2D eigenvalue weighted by Crippen LogP contribution is -2.25. The fourth-order valence-corrected chi connectivity index (χ4v) is 3.02. The lowest BCUT2D eigenvalue weighted by atomic mass is 9.99. The molecule has 1 aromatic rings. The van der Waals surface area contributed by atoms with Gasteiger partial charge >= 0.3 is 0 Å². The van der Waals surface area contributed by atoms with Gasteiger partial charge in [-0.25, -0.2) is 0 Å². The van der Waals surface area contributed by atoms with Crippen LogP contribution in [0.4, 0.5) is 0 Å². The highest BCUT2D eigenvalue weighted by Crippen LogP contribution is 2.31. The van der Waals surface area contributed by atoms with E-state index in [2.05, 4.69) is 28.8 Å². The maximum absolute atomic E-state index is 5.48. The molecule has 0 saturated carbocycles. The minimum atomic E-state index is 0.236. The van der Waals surface area contributed by atoms with E-state index in [1.165, 1.54) is 22.0 Å². The summed E-state index contributed by atoms with van der Waals surface area (Å²) in [5, 5.41) is 7.82. The number of rotatable bonds is 6. The molecule has 0 amide bonds. The van der Waals surface area contributed by atoms with Gasteiger partial charge in [0, 0.05) is 0 Å². The average Bonchev–Trinajstić information content (AvgIpc) is 2.89. The zero-order valence-electron chi connectivity index (χ0n) is 11.1. The van der Waals surface area contributed by atoms with Crippen LogP contribution in [0.5, 0.6) is 0 Å². The summed E-state index contributed by atoms with van der Waals surface area (Å²) in [6, 6.07) is 0.236. The molecule has 4 nitrogen and oxygen atoms in total. The Hall–Kier alpha value is -0.940. The van der Waals surface area contributed by atoms with Crippen LogP contribution < -0.4 is 5.32 Å². The molecule has 1 N–H and O–H groups in total. The van der Waals surface area contributed by atoms with Crippen molar-refractivity contribution in [2.24, 2.45) is 0 Å². The minimum Gasteiger partial charge on any atom is -0.501 e. The number of aromatic nitrogens is 2. The highest BCUT2D eigenvalue weighted by Gasteiger charge is 2.23. The zero-order valence-corrected chi connectivity index (χ0v) is 11.9. The molecule has 1 aliphatic rings. The summed E-state index contributed by atoms with van der Waals surface area (Å²) in [4.78, 5) is 1.25. The van der Waals surface area contributed by atoms with Crippen LogP contribution in [0.3, 0.4) is 0 Å². The summed E-state index contributed by atoms with van der Waals surface area (Å²) < 4.78 is 9.58. The Bertz CT molecular complexity index is 403. The third kappa shape index (κ3) is 3.09. The number of ether oxygens (including phenoxy) is 1. The van der Waals surface area contributed by atoms with Gasteiger partial charge in [0.1, 0.15) is 0 Å². The predicted molar refractivity (Wildman–Crippen MR) is 73.6 cm³/mol. The highest BCUT2D eigenvalue weighted by molar-refractivity contribution is 7.05. The molecule has 0 spiro atoms. The second-order valence-corrected chi connectivity index (χ2v) is 5.28. The van der Waals surface area contributed by atoms with E-state index in [1.807, 2.05) is 6.26 Å². The molecule has 1 atom stereocenters. The molecule has 0 aromatic carbocycles. The molecule has 0 saturated heterocycles. The quantitative estimate of drug-likeness (QED) is 0.861. The monoisotopic (exact) mass is 267 g/mol. The summed E-state index contributed by atoms with van der Waals surface area (Å²) in [6.07, 6.45) is 6.19. The number of hydrogen-bond donors (Lipinski definition) is 1. The van der Waals surface area contributed by atoms with Gasteiger partial charge in [0.15, 0.2) is 0 Å². The molecular formula is C13H21N3OS. The fourth-order valence-electron chi connectivity index (χ4n) is 2.16. The third-order valence-electron chi connectivity index (χ3n) is 3.11. The Labute approximate surface area is 113 Å². The Morgan fingerprint density at radius 1 is 1.50 bits per heavy atom. The van der Waals surface area contributed by atoms with Crippen molar-refractivity contribution in [3.63, 3.8) is 0 Å². The van der Waals surface area contributed by atoms with Crippen molar-refractivity contribution in [1.29, 1.82) is 0 Å². The number of nitrogens with one attached hydrogen (secondary N) is 1. The van der Waals surface area contributed by atoms with Gasteiger partial charge in [-0.15, -0.1) is 5.10 Å². The first-order chi connectivity index (χ1) is 8.86. The van der Waals surface area contributed by atoms with Crippen LogP contribution in [0, 0.1) is 0 Å². The van der Waals surface area contributed by atoms with E-state index in [-0.39, 0.29) is 6.04 Å². The van der Waals surface area contributed by atoms with Gasteiger partial charge < -0.3 is 10.1 Å². The topological polar surface area (TPSA) is 47.0 Å². The van der Waals surface area contributed by atoms with E-state index < -0.39 is 0 Å². The molecule has 2 heterocycles. The summed E-state index contributed by atoms with van der Waals surface area (Å²) in [7, 11) is 0. The molecule has 0 fully saturated rings. The van der Waals surface area contributed by atoms with Gasteiger partial charge in [-0.3, -0.25) is 0 Å². The van der Waals surface area contributed by atoms with Gasteiger partial charge in [-0.05, 0) is 49.3 Å². The second-order valence-electron chi connectivity index (χ2n) is 4.49. The van der Waals surface area contributed by atoms with Gasteiger partial charge in [0.25, 0.3) is 0 Å². The number of nitrogens with zero attached hydrogens (tertiary/aromatic N) is 2. The van der Waals surface area contributed by atoms with Crippen LogP contribution in [-0.4, -0.2) is 22.7 Å². The Morgan fingerprint density at radius 2 is 2.39 bits per heavy atom. The molecule has 18 heavy (non-hydrogen) atoms. The molecule has 100 valence electrons. The third-order valence-corrected chi connectivity index (χ3v) is 3.95. The largest absolute Gasteiger partial charge is 0.501 e. The first-order valence-corrected chi connectivity index (χ1v) is 7.49. The zero-order chi connectivity index (χ0) is 12.8. The molecule has 1 aliphatic heterocycles. The average molecular weight is 267 g/mol. The van der Waals surface area contributed by atoms with Crippen LogP contribution in [-0.2, 0) is 11.2 Å². The summed E-state index contributed by atoms with van der Waals surface area (Å²) in [5.74, 6) is 0. The smallest absolute Gasteiger partial charge is 0.0876 e. The molecule has 1 unspecified atom stereocenters. The van der Waals surface area contributed by atoms with Gasteiger partial charge in [-0.1, -0.05) is 18.3 Å². The molecule has 0 bridgehead atoms. The van der Waals surface area contributed by atoms with Crippen LogP contribution in [0.15, 0.2) is 11.8 Å². The lowest BCUT2D eigenvalue weighted by Gasteiger charge is -2.23. The molecule has 0 radical (unpaired) electrons. The van der Waals surface area contributed by atoms with E-state index in [1.54, 1.807) is 0 Å². The lowest BCUT2D eigenvalue weighted by molar-refractivity contribution is 0.219. The van der Waals surface area contributed by atoms with Crippen LogP contribution in [0.25, 0.3) is 0 Å². The predicted octanol–water partition coefficient (Wildman–Crippen LogP) is 2.84. The van der Waals surface area contributed by atoms with Crippen molar-refractivity contribution < 1.29 is 4.74 Å². The van der Waals surface area contributed by atoms with Crippen molar-refractivity contribution in [1.82, 2.24) is 14.9 Å². The van der Waals surface area contributed by atoms with Crippen LogP contribution >= 0.6 is 11.5 Å². The van der Waals surface area contributed by atoms with Crippen molar-refractivity contribution in [3.05, 3.63) is 22.4 Å². The number of hydrogen-bond acceptors (Lipinski definition) is 5. The van der Waals surface area contributed by atoms with Gasteiger partial charge in [0.05, 0.1) is 29.5 Å². The molecule has 5 heteroatoms. The van der Waals surface area contributed by atoms with E-state index in [0.717, 1.165) is 44.5 Å². The summed E-state index contributed by atoms with van der Waals surface area (Å²) >= 11 is 1.51. The fraction of sp³-hybridized carbons (Fsp3) is 0.692. The van der Waals surface area contributed by atoms with E-state index in [0.29, 0.717) is 0 Å². The molecular weight excluding hydrogens is 246 g/mol. The first kappa shape index (κ1) is 13.5. The van der Waals surface area contributed by atoms with Gasteiger partial charge in [0.2, 0.25) is 0 Å². The normalized spacial score (nSPS) is 17.1. The molecule has 1 aromatic heterocycles. The maximum atomic E-state index is 5.48. The number of aryl methyl sites for hydroxylation is 1. The van der Waals surface area contributed by atoms with Gasteiger partial charge in [-0.2, -0.15) is 0 Å². The Balaban J connectivity index is 2.21. The van der Waals surface area contributed by atoms with Crippen molar-refractivity contribution >= 4 is 11.5 Å². The standard InChI is InChI=1S/C13H21N3OS/c1-3-7-14-12(10-6-5-8-17-9-10)13-11(4-2)15-16-18-13/h9,12,14H,3-8H2,1-2H3. The molecule has 0 aliphatic carbocycles. The Kier molecular flexibility index (Phi) is 5.13. The van der Waals surface area contributed by atoms with E-state index in [9.17, 15) is 0 Å². The molecule has 2 rings (SSSR count). The maximum Gasteiger partial charge on any atom is 0.0876 e. The van der Waals surface area contributed by atoms with Crippen molar-refractivity contribution in [3.8, 4) is 0 Å². The first-order valence-electron chi connectivity index (χ1n) is 6.71. The van der Waals surface area contributed by atoms with E-state index >= 15 is 0 Å². The van der Waals surface area contributed by atoms with Crippen LogP contribution in [0.2, 0.25) is 0 Å². The Morgan fingerprint density at radius 3 is 3.06 bits per heavy atom. The second kappa shape index (κ2) is 6.85. The highest BCUT2D eigenvalue weighted by atomic mass is 32.1.